The Morgan fingerprint density at radius 2 is 2.03 bits per heavy atom. The number of methoxy groups -OCH3 is 1. The number of nitrogen functional groups attached to an aromatic ring is 1. The van der Waals surface area contributed by atoms with Gasteiger partial charge in [0.1, 0.15) is 11.6 Å². The fraction of sp³-hybridized carbons (Fsp3) is 0.231. The molecule has 0 saturated carbocycles. The molecule has 0 aliphatic carbocycles. The number of nitrogens with two attached hydrogens (primary N) is 1. The first-order valence-corrected chi connectivity index (χ1v) is 12.1. The van der Waals surface area contributed by atoms with Crippen molar-refractivity contribution >= 4 is 49.9 Å². The summed E-state index contributed by atoms with van der Waals surface area (Å²) in [5.41, 5.74) is 12.1. The van der Waals surface area contributed by atoms with E-state index < -0.39 is 0 Å². The second-order valence-corrected chi connectivity index (χ2v) is 9.12. The first kappa shape index (κ1) is 22.4. The fourth-order valence-corrected chi connectivity index (χ4v) is 4.48. The van der Waals surface area contributed by atoms with E-state index >= 15 is 0 Å². The molecule has 4 aromatic rings. The van der Waals surface area contributed by atoms with E-state index in [2.05, 4.69) is 83.7 Å². The number of hydrogen-bond acceptors (Lipinski definition) is 6. The van der Waals surface area contributed by atoms with Gasteiger partial charge >= 0.3 is 0 Å². The highest BCUT2D eigenvalue weighted by Gasteiger charge is 2.17. The van der Waals surface area contributed by atoms with Crippen molar-refractivity contribution in [3.05, 3.63) is 76.5 Å². The lowest BCUT2D eigenvalue weighted by Crippen LogP contribution is -2.23. The zero-order valence-electron chi connectivity index (χ0n) is 19.0. The van der Waals surface area contributed by atoms with Crippen LogP contribution in [0.3, 0.4) is 0 Å². The van der Waals surface area contributed by atoms with Gasteiger partial charge in [0.15, 0.2) is 0 Å². The highest BCUT2D eigenvalue weighted by atomic mass is 79.9. The number of nitrogens with one attached hydrogen (secondary N) is 2. The largest absolute Gasteiger partial charge is 0.497 e. The van der Waals surface area contributed by atoms with Crippen LogP contribution in [-0.4, -0.2) is 41.7 Å². The Kier molecular flexibility index (Phi) is 6.51. The molecule has 5 rings (SSSR count). The van der Waals surface area contributed by atoms with Crippen molar-refractivity contribution in [3.63, 3.8) is 0 Å². The molecule has 0 amide bonds. The third-order valence-electron chi connectivity index (χ3n) is 6.17. The van der Waals surface area contributed by atoms with E-state index in [1.807, 2.05) is 12.1 Å². The van der Waals surface area contributed by atoms with Crippen LogP contribution in [0.4, 0.5) is 17.5 Å². The third kappa shape index (κ3) is 4.64. The van der Waals surface area contributed by atoms with E-state index in [1.165, 1.54) is 22.1 Å². The summed E-state index contributed by atoms with van der Waals surface area (Å²) in [6.45, 7) is 2.60. The number of nitrogens with zero attached hydrogens (tertiary/aromatic N) is 3. The summed E-state index contributed by atoms with van der Waals surface area (Å²) in [6, 6.07) is 14.6. The van der Waals surface area contributed by atoms with Crippen LogP contribution >= 0.6 is 15.9 Å². The van der Waals surface area contributed by atoms with Crippen LogP contribution in [0.15, 0.2) is 65.4 Å². The van der Waals surface area contributed by atoms with Crippen LogP contribution in [0, 0.1) is 0 Å². The van der Waals surface area contributed by atoms with Crippen molar-refractivity contribution in [2.75, 3.05) is 37.4 Å². The van der Waals surface area contributed by atoms with Gasteiger partial charge in [-0.25, -0.2) is 4.98 Å². The molecule has 0 spiro atoms. The van der Waals surface area contributed by atoms with Crippen molar-refractivity contribution in [1.82, 2.24) is 20.3 Å². The molecule has 1 aliphatic heterocycles. The Morgan fingerprint density at radius 3 is 2.76 bits per heavy atom. The van der Waals surface area contributed by atoms with Crippen LogP contribution in [-0.2, 0) is 6.42 Å². The minimum Gasteiger partial charge on any atom is -0.497 e. The predicted molar refractivity (Wildman–Crippen MR) is 142 cm³/mol. The van der Waals surface area contributed by atoms with E-state index in [4.69, 9.17) is 10.5 Å². The second kappa shape index (κ2) is 9.87. The Labute approximate surface area is 207 Å². The molecule has 34 heavy (non-hydrogen) atoms. The van der Waals surface area contributed by atoms with Crippen molar-refractivity contribution in [1.29, 1.82) is 0 Å². The topological polar surface area (TPSA) is 92.1 Å². The number of fused-ring (bicyclic) bond motifs is 1. The summed E-state index contributed by atoms with van der Waals surface area (Å²) < 4.78 is 5.98. The summed E-state index contributed by atoms with van der Waals surface area (Å²) in [7, 11) is 1.68. The van der Waals surface area contributed by atoms with Gasteiger partial charge in [0, 0.05) is 47.6 Å². The lowest BCUT2D eigenvalue weighted by atomic mass is 9.99. The van der Waals surface area contributed by atoms with Gasteiger partial charge in [0.05, 0.1) is 11.6 Å². The Balaban J connectivity index is 1.51. The van der Waals surface area contributed by atoms with E-state index in [9.17, 15) is 0 Å². The number of aromatic nitrogens is 3. The average molecular weight is 519 g/mol. The molecular weight excluding hydrogens is 492 g/mol. The van der Waals surface area contributed by atoms with E-state index in [0.717, 1.165) is 42.9 Å². The third-order valence-corrected chi connectivity index (χ3v) is 6.78. The van der Waals surface area contributed by atoms with Gasteiger partial charge < -0.3 is 25.7 Å². The maximum absolute atomic E-state index is 6.11. The van der Waals surface area contributed by atoms with Gasteiger partial charge in [0.2, 0.25) is 5.95 Å². The first-order chi connectivity index (χ1) is 16.6. The number of halogens is 1. The second-order valence-electron chi connectivity index (χ2n) is 8.27. The summed E-state index contributed by atoms with van der Waals surface area (Å²) in [5, 5.41) is 4.59. The molecule has 3 heterocycles. The van der Waals surface area contributed by atoms with E-state index in [1.54, 1.807) is 13.3 Å². The lowest BCUT2D eigenvalue weighted by Gasteiger charge is -2.24. The maximum Gasteiger partial charge on any atom is 0.231 e. The van der Waals surface area contributed by atoms with Gasteiger partial charge in [-0.2, -0.15) is 4.98 Å². The quantitative estimate of drug-likeness (QED) is 0.316. The molecule has 4 N–H and O–H groups in total. The highest BCUT2D eigenvalue weighted by Crippen LogP contribution is 2.33. The minimum atomic E-state index is 0.419. The van der Waals surface area contributed by atoms with E-state index in [-0.39, 0.29) is 0 Å². The Morgan fingerprint density at radius 1 is 1.18 bits per heavy atom. The number of benzene rings is 2. The van der Waals surface area contributed by atoms with Gasteiger partial charge in [-0.05, 0) is 76.8 Å². The molecule has 0 atom stereocenters. The van der Waals surface area contributed by atoms with Crippen molar-refractivity contribution in [2.24, 2.45) is 0 Å². The van der Waals surface area contributed by atoms with Crippen LogP contribution in [0.25, 0.3) is 16.5 Å². The molecule has 2 aromatic heterocycles. The molecule has 174 valence electrons. The van der Waals surface area contributed by atoms with Gasteiger partial charge in [-0.15, -0.1) is 0 Å². The van der Waals surface area contributed by atoms with Gasteiger partial charge in [-0.1, -0.05) is 18.2 Å². The zero-order chi connectivity index (χ0) is 23.5. The van der Waals surface area contributed by atoms with Crippen molar-refractivity contribution in [3.8, 4) is 5.75 Å². The number of ether oxygens (including phenoxy) is 1. The molecule has 8 heteroatoms. The van der Waals surface area contributed by atoms with Crippen molar-refractivity contribution < 1.29 is 4.74 Å². The maximum atomic E-state index is 6.11. The monoisotopic (exact) mass is 518 g/mol. The number of aromatic amines is 1. The normalized spacial score (nSPS) is 13.6. The van der Waals surface area contributed by atoms with Crippen LogP contribution in [0.1, 0.15) is 17.5 Å². The Bertz CT molecular complexity index is 1330. The number of hydrogen-bond donors (Lipinski definition) is 3. The van der Waals surface area contributed by atoms with Gasteiger partial charge in [0.25, 0.3) is 0 Å². The van der Waals surface area contributed by atoms with Crippen LogP contribution < -0.4 is 20.7 Å². The number of anilines is 3. The number of H-pyrrole nitrogens is 1. The molecule has 0 fully saturated rings. The van der Waals surface area contributed by atoms with Crippen molar-refractivity contribution in [2.45, 2.75) is 12.8 Å². The summed E-state index contributed by atoms with van der Waals surface area (Å²) in [5.74, 6) is 1.84. The standard InChI is InChI=1S/C26H27BrN6O/c1-34-20-5-2-17(3-6-20)10-13-33(26-31-16-23(27)25(28)32-26)19-4-7-24-21(14-19)22(15-30-24)18-8-11-29-12-9-18/h2-8,14-16,29-30H,9-13H2,1H3,(H2,28,31,32). The number of rotatable bonds is 7. The molecular formula is C26H27BrN6O. The van der Waals surface area contributed by atoms with E-state index in [0.29, 0.717) is 22.8 Å². The SMILES string of the molecule is COc1ccc(CCN(c2ccc3[nH]cc(C4=CCNCC4)c3c2)c2ncc(Br)c(N)n2)cc1. The van der Waals surface area contributed by atoms with Gasteiger partial charge in [-0.3, -0.25) is 0 Å². The summed E-state index contributed by atoms with van der Waals surface area (Å²) >= 11 is 3.41. The fourth-order valence-electron chi connectivity index (χ4n) is 4.29. The highest BCUT2D eigenvalue weighted by molar-refractivity contribution is 9.10. The molecule has 0 radical (unpaired) electrons. The molecule has 0 saturated heterocycles. The van der Waals surface area contributed by atoms with Crippen LogP contribution in [0.2, 0.25) is 0 Å². The smallest absolute Gasteiger partial charge is 0.231 e. The molecule has 0 bridgehead atoms. The predicted octanol–water partition coefficient (Wildman–Crippen LogP) is 5.07. The first-order valence-electron chi connectivity index (χ1n) is 11.3. The molecule has 7 nitrogen and oxygen atoms in total. The zero-order valence-corrected chi connectivity index (χ0v) is 20.6. The summed E-state index contributed by atoms with van der Waals surface area (Å²) in [6.07, 6.45) is 7.93. The molecule has 2 aromatic carbocycles. The minimum absolute atomic E-state index is 0.419. The molecule has 1 aliphatic rings. The summed E-state index contributed by atoms with van der Waals surface area (Å²) in [4.78, 5) is 14.7. The van der Waals surface area contributed by atoms with Crippen LogP contribution in [0.5, 0.6) is 5.75 Å². The molecule has 0 unspecified atom stereocenters. The average Bonchev–Trinajstić information content (AvgIpc) is 3.30. The Hall–Kier alpha value is -3.36. The lowest BCUT2D eigenvalue weighted by molar-refractivity contribution is 0.414.